The maximum atomic E-state index is 6.00. The van der Waals surface area contributed by atoms with Crippen LogP contribution in [0.4, 0.5) is 11.4 Å². The van der Waals surface area contributed by atoms with Crippen LogP contribution in [0.5, 0.6) is 0 Å². The van der Waals surface area contributed by atoms with Gasteiger partial charge in [-0.15, -0.1) is 0 Å². The Labute approximate surface area is 87.8 Å². The van der Waals surface area contributed by atoms with Gasteiger partial charge in [-0.3, -0.25) is 0 Å². The Kier molecular flexibility index (Phi) is 1.59. The lowest BCUT2D eigenvalue weighted by Gasteiger charge is -2.12. The van der Waals surface area contributed by atoms with E-state index < -0.39 is 0 Å². The van der Waals surface area contributed by atoms with Crippen molar-refractivity contribution in [3.05, 3.63) is 48.4 Å². The lowest BCUT2D eigenvalue weighted by molar-refractivity contribution is 1.07. The SMILES string of the molecule is Nc1cccc2c1-n1cccc1C=CN2. The molecule has 2 aromatic rings. The maximum absolute atomic E-state index is 6.00. The second-order valence-electron chi connectivity index (χ2n) is 3.52. The summed E-state index contributed by atoms with van der Waals surface area (Å²) in [7, 11) is 0. The summed E-state index contributed by atoms with van der Waals surface area (Å²) in [4.78, 5) is 0. The van der Waals surface area contributed by atoms with Crippen molar-refractivity contribution in [1.29, 1.82) is 0 Å². The van der Waals surface area contributed by atoms with Crippen LogP contribution in [-0.4, -0.2) is 4.57 Å². The van der Waals surface area contributed by atoms with Crippen molar-refractivity contribution in [3.63, 3.8) is 0 Å². The molecule has 0 fully saturated rings. The molecule has 1 aliphatic rings. The molecule has 0 atom stereocenters. The third-order valence-corrected chi connectivity index (χ3v) is 2.58. The van der Waals surface area contributed by atoms with Gasteiger partial charge in [-0.1, -0.05) is 6.07 Å². The highest BCUT2D eigenvalue weighted by atomic mass is 15.0. The van der Waals surface area contributed by atoms with Gasteiger partial charge in [0.05, 0.1) is 17.1 Å². The molecule has 0 amide bonds. The minimum Gasteiger partial charge on any atom is -0.397 e. The molecule has 3 heteroatoms. The first-order chi connectivity index (χ1) is 7.36. The molecule has 3 rings (SSSR count). The second kappa shape index (κ2) is 2.92. The van der Waals surface area contributed by atoms with E-state index >= 15 is 0 Å². The van der Waals surface area contributed by atoms with Gasteiger partial charge in [-0.25, -0.2) is 0 Å². The van der Waals surface area contributed by atoms with Crippen LogP contribution in [-0.2, 0) is 0 Å². The third kappa shape index (κ3) is 1.13. The Morgan fingerprint density at radius 2 is 2.07 bits per heavy atom. The van der Waals surface area contributed by atoms with Crippen molar-refractivity contribution in [2.45, 2.75) is 0 Å². The highest BCUT2D eigenvalue weighted by molar-refractivity contribution is 5.78. The van der Waals surface area contributed by atoms with E-state index in [1.807, 2.05) is 42.7 Å². The van der Waals surface area contributed by atoms with E-state index in [4.69, 9.17) is 5.73 Å². The van der Waals surface area contributed by atoms with Gasteiger partial charge in [-0.05, 0) is 30.3 Å². The first-order valence-corrected chi connectivity index (χ1v) is 4.85. The van der Waals surface area contributed by atoms with Crippen molar-refractivity contribution >= 4 is 17.5 Å². The number of nitrogens with one attached hydrogen (secondary N) is 1. The number of nitrogen functional groups attached to an aromatic ring is 1. The zero-order valence-corrected chi connectivity index (χ0v) is 8.14. The number of nitrogens with two attached hydrogens (primary N) is 1. The summed E-state index contributed by atoms with van der Waals surface area (Å²) in [5.74, 6) is 0. The molecular formula is C12H11N3. The first kappa shape index (κ1) is 8.17. The van der Waals surface area contributed by atoms with Gasteiger partial charge < -0.3 is 15.6 Å². The lowest BCUT2D eigenvalue weighted by Crippen LogP contribution is -2.01. The molecule has 3 nitrogen and oxygen atoms in total. The third-order valence-electron chi connectivity index (χ3n) is 2.58. The summed E-state index contributed by atoms with van der Waals surface area (Å²) < 4.78 is 2.08. The average molecular weight is 197 g/mol. The highest BCUT2D eigenvalue weighted by Gasteiger charge is 2.11. The fraction of sp³-hybridized carbons (Fsp3) is 0. The van der Waals surface area contributed by atoms with Crippen molar-refractivity contribution in [2.75, 3.05) is 11.1 Å². The zero-order chi connectivity index (χ0) is 10.3. The Bertz CT molecular complexity index is 538. The van der Waals surface area contributed by atoms with Crippen LogP contribution in [0.1, 0.15) is 5.69 Å². The predicted molar refractivity (Wildman–Crippen MR) is 62.8 cm³/mol. The molecule has 1 aromatic carbocycles. The van der Waals surface area contributed by atoms with Gasteiger partial charge in [0.2, 0.25) is 0 Å². The smallest absolute Gasteiger partial charge is 0.0924 e. The number of nitrogens with zero attached hydrogens (tertiary/aromatic N) is 1. The molecule has 2 heterocycles. The van der Waals surface area contributed by atoms with Crippen molar-refractivity contribution in [3.8, 4) is 5.69 Å². The molecule has 1 aromatic heterocycles. The Balaban J connectivity index is 2.37. The van der Waals surface area contributed by atoms with Crippen LogP contribution in [0.2, 0.25) is 0 Å². The van der Waals surface area contributed by atoms with Gasteiger partial charge in [0, 0.05) is 18.1 Å². The van der Waals surface area contributed by atoms with Crippen LogP contribution in [0.25, 0.3) is 11.8 Å². The molecule has 0 bridgehead atoms. The number of fused-ring (bicyclic) bond motifs is 3. The molecule has 1 aliphatic heterocycles. The topological polar surface area (TPSA) is 43.0 Å². The number of hydrogen-bond acceptors (Lipinski definition) is 2. The van der Waals surface area contributed by atoms with E-state index in [-0.39, 0.29) is 0 Å². The van der Waals surface area contributed by atoms with Gasteiger partial charge in [0.1, 0.15) is 0 Å². The fourth-order valence-electron chi connectivity index (χ4n) is 1.90. The van der Waals surface area contributed by atoms with E-state index in [2.05, 4.69) is 16.0 Å². The molecule has 0 radical (unpaired) electrons. The summed E-state index contributed by atoms with van der Waals surface area (Å²) in [5, 5.41) is 3.22. The minimum atomic E-state index is 0.779. The van der Waals surface area contributed by atoms with Gasteiger partial charge in [0.15, 0.2) is 0 Å². The second-order valence-corrected chi connectivity index (χ2v) is 3.52. The predicted octanol–water partition coefficient (Wildman–Crippen LogP) is 2.46. The van der Waals surface area contributed by atoms with Gasteiger partial charge in [-0.2, -0.15) is 0 Å². The Morgan fingerprint density at radius 1 is 1.13 bits per heavy atom. The van der Waals surface area contributed by atoms with E-state index in [9.17, 15) is 0 Å². The highest BCUT2D eigenvalue weighted by Crippen LogP contribution is 2.30. The van der Waals surface area contributed by atoms with E-state index in [0.717, 1.165) is 22.8 Å². The molecule has 0 unspecified atom stereocenters. The fourth-order valence-corrected chi connectivity index (χ4v) is 1.90. The molecular weight excluding hydrogens is 186 g/mol. The molecule has 3 N–H and O–H groups in total. The molecule has 0 saturated carbocycles. The van der Waals surface area contributed by atoms with E-state index in [1.54, 1.807) is 0 Å². The molecule has 0 aliphatic carbocycles. The quantitative estimate of drug-likeness (QED) is 0.637. The van der Waals surface area contributed by atoms with Crippen LogP contribution in [0.15, 0.2) is 42.7 Å². The number of aromatic nitrogens is 1. The number of rotatable bonds is 0. The maximum Gasteiger partial charge on any atom is 0.0924 e. The standard InChI is InChI=1S/C12H11N3/c13-10-4-1-5-11-12(10)15-8-2-3-9(15)6-7-14-11/h1-8,14H,13H2. The minimum absolute atomic E-state index is 0.779. The van der Waals surface area contributed by atoms with Crippen molar-refractivity contribution in [2.24, 2.45) is 0 Å². The summed E-state index contributed by atoms with van der Waals surface area (Å²) in [6, 6.07) is 9.95. The molecule has 15 heavy (non-hydrogen) atoms. The summed E-state index contributed by atoms with van der Waals surface area (Å²) in [6.45, 7) is 0. The lowest BCUT2D eigenvalue weighted by atomic mass is 10.2. The van der Waals surface area contributed by atoms with Crippen LogP contribution >= 0.6 is 0 Å². The van der Waals surface area contributed by atoms with Crippen LogP contribution in [0.3, 0.4) is 0 Å². The largest absolute Gasteiger partial charge is 0.397 e. The van der Waals surface area contributed by atoms with Gasteiger partial charge in [0.25, 0.3) is 0 Å². The summed E-state index contributed by atoms with van der Waals surface area (Å²) >= 11 is 0. The van der Waals surface area contributed by atoms with Crippen molar-refractivity contribution < 1.29 is 0 Å². The number of benzene rings is 1. The van der Waals surface area contributed by atoms with E-state index in [0.29, 0.717) is 0 Å². The monoisotopic (exact) mass is 197 g/mol. The molecule has 74 valence electrons. The Morgan fingerprint density at radius 3 is 3.00 bits per heavy atom. The number of hydrogen-bond donors (Lipinski definition) is 2. The van der Waals surface area contributed by atoms with Gasteiger partial charge >= 0.3 is 0 Å². The normalized spacial score (nSPS) is 12.5. The average Bonchev–Trinajstić information content (AvgIpc) is 2.60. The van der Waals surface area contributed by atoms with E-state index in [1.165, 1.54) is 0 Å². The summed E-state index contributed by atoms with van der Waals surface area (Å²) in [6.07, 6.45) is 5.97. The zero-order valence-electron chi connectivity index (χ0n) is 8.14. The van der Waals surface area contributed by atoms with Crippen LogP contribution in [0, 0.1) is 0 Å². The number of anilines is 2. The molecule has 0 saturated heterocycles. The molecule has 0 spiro atoms. The van der Waals surface area contributed by atoms with Crippen molar-refractivity contribution in [1.82, 2.24) is 4.57 Å². The Hall–Kier alpha value is -2.16. The first-order valence-electron chi connectivity index (χ1n) is 4.85. The summed E-state index contributed by atoms with van der Waals surface area (Å²) in [5.41, 5.74) is 9.94. The van der Waals surface area contributed by atoms with Crippen LogP contribution < -0.4 is 11.1 Å². The number of para-hydroxylation sites is 1.